The largest absolute Gasteiger partial charge is 0.497 e. The Hall–Kier alpha value is -1.76. The fourth-order valence-electron chi connectivity index (χ4n) is 1.67. The van der Waals surface area contributed by atoms with Crippen molar-refractivity contribution < 1.29 is 9.53 Å². The minimum Gasteiger partial charge on any atom is -0.497 e. The lowest BCUT2D eigenvalue weighted by Crippen LogP contribution is -2.34. The molecule has 0 spiro atoms. The maximum atomic E-state index is 11.6. The molecule has 1 atom stereocenters. The molecule has 0 aliphatic rings. The molecule has 1 rings (SSSR count). The number of nitrogens with zero attached hydrogens (tertiary/aromatic N) is 3. The Labute approximate surface area is 125 Å². The first-order valence-corrected chi connectivity index (χ1v) is 6.76. The van der Waals surface area contributed by atoms with Crippen LogP contribution in [0.1, 0.15) is 18.0 Å². The fraction of sp³-hybridized carbons (Fsp3) is 0.417. The van der Waals surface area contributed by atoms with E-state index in [1.807, 2.05) is 0 Å². The number of methoxy groups -OCH3 is 1. The second kappa shape index (κ2) is 8.42. The summed E-state index contributed by atoms with van der Waals surface area (Å²) in [6, 6.07) is 4.70. The van der Waals surface area contributed by atoms with Crippen LogP contribution in [0.15, 0.2) is 27.8 Å². The summed E-state index contributed by atoms with van der Waals surface area (Å²) in [5.41, 5.74) is 14.3. The first-order chi connectivity index (χ1) is 9.60. The highest BCUT2D eigenvalue weighted by molar-refractivity contribution is 9.10. The lowest BCUT2D eigenvalue weighted by molar-refractivity contribution is -0.120. The van der Waals surface area contributed by atoms with Crippen LogP contribution in [-0.4, -0.2) is 26.1 Å². The summed E-state index contributed by atoms with van der Waals surface area (Å²) in [6.45, 7) is 0.880. The molecule has 1 unspecified atom stereocenters. The Kier molecular flexibility index (Phi) is 6.86. The first kappa shape index (κ1) is 16.3. The van der Waals surface area contributed by atoms with Gasteiger partial charge in [-0.25, -0.2) is 0 Å². The number of rotatable bonds is 8. The number of hydrogen-bond acceptors (Lipinski definition) is 4. The molecule has 20 heavy (non-hydrogen) atoms. The van der Waals surface area contributed by atoms with Gasteiger partial charge in [0.05, 0.1) is 7.11 Å². The topological polar surface area (TPSA) is 113 Å². The van der Waals surface area contributed by atoms with Gasteiger partial charge in [-0.1, -0.05) is 21.0 Å². The molecule has 0 heterocycles. The Morgan fingerprint density at radius 3 is 3.00 bits per heavy atom. The summed E-state index contributed by atoms with van der Waals surface area (Å²) in [5, 5.41) is 6.47. The number of amides is 1. The van der Waals surface area contributed by atoms with Gasteiger partial charge in [0.2, 0.25) is 5.91 Å². The van der Waals surface area contributed by atoms with Gasteiger partial charge in [0.25, 0.3) is 0 Å². The zero-order valence-electron chi connectivity index (χ0n) is 11.0. The molecule has 0 aliphatic carbocycles. The molecule has 0 fully saturated rings. The second-order valence-corrected chi connectivity index (χ2v) is 4.84. The van der Waals surface area contributed by atoms with Gasteiger partial charge in [0.15, 0.2) is 0 Å². The lowest BCUT2D eigenvalue weighted by atomic mass is 10.1. The number of hydrogen-bond donors (Lipinski definition) is 2. The van der Waals surface area contributed by atoms with Crippen LogP contribution in [0.25, 0.3) is 10.4 Å². The number of primary amides is 1. The molecule has 1 amide bonds. The van der Waals surface area contributed by atoms with E-state index in [2.05, 4.69) is 31.3 Å². The number of nitrogens with two attached hydrogens (primary N) is 1. The third kappa shape index (κ3) is 4.73. The van der Waals surface area contributed by atoms with E-state index < -0.39 is 11.9 Å². The summed E-state index contributed by atoms with van der Waals surface area (Å²) >= 11 is 3.39. The van der Waals surface area contributed by atoms with Gasteiger partial charge in [-0.05, 0) is 42.3 Å². The van der Waals surface area contributed by atoms with Crippen molar-refractivity contribution >= 4 is 21.8 Å². The van der Waals surface area contributed by atoms with Gasteiger partial charge >= 0.3 is 0 Å². The van der Waals surface area contributed by atoms with E-state index in [4.69, 9.17) is 16.0 Å². The maximum Gasteiger partial charge on any atom is 0.239 e. The van der Waals surface area contributed by atoms with Crippen LogP contribution < -0.4 is 15.8 Å². The summed E-state index contributed by atoms with van der Waals surface area (Å²) in [4.78, 5) is 14.3. The smallest absolute Gasteiger partial charge is 0.239 e. The molecule has 0 saturated carbocycles. The van der Waals surface area contributed by atoms with Crippen LogP contribution >= 0.6 is 15.9 Å². The van der Waals surface area contributed by atoms with Gasteiger partial charge in [0, 0.05) is 15.9 Å². The first-order valence-electron chi connectivity index (χ1n) is 5.97. The highest BCUT2D eigenvalue weighted by Gasteiger charge is 2.20. The minimum absolute atomic E-state index is 0.369. The molecule has 8 heteroatoms. The predicted molar refractivity (Wildman–Crippen MR) is 79.3 cm³/mol. The average Bonchev–Trinajstić information content (AvgIpc) is 2.43. The van der Waals surface area contributed by atoms with Crippen molar-refractivity contribution in [2.45, 2.75) is 12.5 Å². The lowest BCUT2D eigenvalue weighted by Gasteiger charge is -2.18. The molecule has 0 bridgehead atoms. The van der Waals surface area contributed by atoms with Crippen molar-refractivity contribution in [3.05, 3.63) is 38.7 Å². The highest BCUT2D eigenvalue weighted by atomic mass is 79.9. The van der Waals surface area contributed by atoms with Crippen molar-refractivity contribution in [1.82, 2.24) is 5.32 Å². The standard InChI is InChI=1S/C12H16BrN5O2/c1-20-8-3-4-10(13)9(7-8)11(12(14)19)16-5-2-6-17-18-15/h3-4,7,11,16H,2,5-6H2,1H3,(H2,14,19). The SMILES string of the molecule is COc1ccc(Br)c(C(NCCCN=[N+]=[N-])C(N)=O)c1. The molecule has 3 N–H and O–H groups in total. The average molecular weight is 342 g/mol. The Morgan fingerprint density at radius 1 is 1.65 bits per heavy atom. The van der Waals surface area contributed by atoms with Gasteiger partial charge in [-0.3, -0.25) is 4.79 Å². The van der Waals surface area contributed by atoms with Crippen LogP contribution in [0.5, 0.6) is 5.75 Å². The van der Waals surface area contributed by atoms with E-state index >= 15 is 0 Å². The Balaban J connectivity index is 2.80. The number of carbonyl (C=O) groups is 1. The van der Waals surface area contributed by atoms with E-state index in [0.29, 0.717) is 30.8 Å². The second-order valence-electron chi connectivity index (χ2n) is 3.98. The van der Waals surface area contributed by atoms with Gasteiger partial charge in [-0.15, -0.1) is 0 Å². The highest BCUT2D eigenvalue weighted by Crippen LogP contribution is 2.27. The van der Waals surface area contributed by atoms with Crippen LogP contribution in [0.2, 0.25) is 0 Å². The summed E-state index contributed by atoms with van der Waals surface area (Å²) in [5.74, 6) is 0.160. The van der Waals surface area contributed by atoms with Crippen molar-refractivity contribution in [3.8, 4) is 5.75 Å². The van der Waals surface area contributed by atoms with Crippen LogP contribution in [0.4, 0.5) is 0 Å². The van der Waals surface area contributed by atoms with E-state index in [-0.39, 0.29) is 0 Å². The molecular formula is C12H16BrN5O2. The molecule has 1 aromatic carbocycles. The van der Waals surface area contributed by atoms with Gasteiger partial charge in [0.1, 0.15) is 11.8 Å². The predicted octanol–water partition coefficient (Wildman–Crippen LogP) is 2.27. The van der Waals surface area contributed by atoms with Crippen LogP contribution in [0.3, 0.4) is 0 Å². The number of nitrogens with one attached hydrogen (secondary N) is 1. The normalized spacial score (nSPS) is 11.5. The van der Waals surface area contributed by atoms with E-state index in [9.17, 15) is 4.79 Å². The fourth-order valence-corrected chi connectivity index (χ4v) is 2.15. The maximum absolute atomic E-state index is 11.6. The molecule has 0 aromatic heterocycles. The van der Waals surface area contributed by atoms with E-state index in [1.165, 1.54) is 0 Å². The number of ether oxygens (including phenoxy) is 1. The van der Waals surface area contributed by atoms with Crippen molar-refractivity contribution in [1.29, 1.82) is 0 Å². The Morgan fingerprint density at radius 2 is 2.40 bits per heavy atom. The van der Waals surface area contributed by atoms with E-state index in [1.54, 1.807) is 25.3 Å². The van der Waals surface area contributed by atoms with Gasteiger partial charge in [-0.2, -0.15) is 0 Å². The van der Waals surface area contributed by atoms with Gasteiger partial charge < -0.3 is 15.8 Å². The summed E-state index contributed by atoms with van der Waals surface area (Å²) in [7, 11) is 1.56. The zero-order chi connectivity index (χ0) is 15.0. The number of carbonyl (C=O) groups excluding carboxylic acids is 1. The molecule has 108 valence electrons. The third-order valence-electron chi connectivity index (χ3n) is 2.65. The van der Waals surface area contributed by atoms with Crippen molar-refractivity contribution in [2.24, 2.45) is 10.8 Å². The molecule has 0 radical (unpaired) electrons. The molecule has 0 aliphatic heterocycles. The number of azide groups is 1. The van der Waals surface area contributed by atoms with Crippen LogP contribution in [0, 0.1) is 0 Å². The molecule has 0 saturated heterocycles. The molecule has 1 aromatic rings. The summed E-state index contributed by atoms with van der Waals surface area (Å²) in [6.07, 6.45) is 0.620. The monoisotopic (exact) mass is 341 g/mol. The third-order valence-corrected chi connectivity index (χ3v) is 3.37. The summed E-state index contributed by atoms with van der Waals surface area (Å²) < 4.78 is 5.91. The number of benzene rings is 1. The number of halogens is 1. The molecule has 7 nitrogen and oxygen atoms in total. The van der Waals surface area contributed by atoms with Crippen LogP contribution in [-0.2, 0) is 4.79 Å². The van der Waals surface area contributed by atoms with Crippen molar-refractivity contribution in [3.63, 3.8) is 0 Å². The minimum atomic E-state index is -0.634. The van der Waals surface area contributed by atoms with Crippen molar-refractivity contribution in [2.75, 3.05) is 20.2 Å². The molecular weight excluding hydrogens is 326 g/mol. The van der Waals surface area contributed by atoms with E-state index in [0.717, 1.165) is 4.47 Å². The Bertz CT molecular complexity index is 517. The zero-order valence-corrected chi connectivity index (χ0v) is 12.6. The quantitative estimate of drug-likeness (QED) is 0.327.